The van der Waals surface area contributed by atoms with Gasteiger partial charge >= 0.3 is 5.97 Å². The van der Waals surface area contributed by atoms with Crippen LogP contribution in [0.4, 0.5) is 5.69 Å². The van der Waals surface area contributed by atoms with E-state index in [1.165, 1.54) is 4.90 Å². The van der Waals surface area contributed by atoms with Crippen molar-refractivity contribution in [1.29, 1.82) is 0 Å². The summed E-state index contributed by atoms with van der Waals surface area (Å²) < 4.78 is 0. The van der Waals surface area contributed by atoms with Crippen LogP contribution in [0.2, 0.25) is 5.02 Å². The number of amides is 2. The lowest BCUT2D eigenvalue weighted by Crippen LogP contribution is -2.35. The Hall–Kier alpha value is -2.08. The molecule has 136 valence electrons. The highest BCUT2D eigenvalue weighted by molar-refractivity contribution is 6.34. The molecule has 1 atom stereocenters. The Balaban J connectivity index is 2.16. The van der Waals surface area contributed by atoms with Crippen molar-refractivity contribution in [3.05, 3.63) is 28.8 Å². The second-order valence-corrected chi connectivity index (χ2v) is 7.59. The highest BCUT2D eigenvalue weighted by atomic mass is 35.5. The minimum atomic E-state index is -0.939. The van der Waals surface area contributed by atoms with E-state index in [-0.39, 0.29) is 34.9 Å². The van der Waals surface area contributed by atoms with Gasteiger partial charge in [0.05, 0.1) is 16.0 Å². The van der Waals surface area contributed by atoms with E-state index in [9.17, 15) is 19.5 Å². The normalized spacial score (nSPS) is 20.0. The van der Waals surface area contributed by atoms with E-state index < -0.39 is 11.4 Å². The van der Waals surface area contributed by atoms with E-state index in [1.54, 1.807) is 25.1 Å². The molecule has 2 amide bonds. The SMILES string of the molecule is CC(C)CC(=O)Nc1ccc(Cl)c(C(=O)N2CCC(C)(C(=O)O)C2)c1. The Morgan fingerprint density at radius 3 is 2.60 bits per heavy atom. The fraction of sp³-hybridized carbons (Fsp3) is 0.500. The van der Waals surface area contributed by atoms with Gasteiger partial charge in [0.2, 0.25) is 5.91 Å². The lowest BCUT2D eigenvalue weighted by atomic mass is 9.90. The van der Waals surface area contributed by atoms with Crippen LogP contribution in [0.5, 0.6) is 0 Å². The van der Waals surface area contributed by atoms with Crippen LogP contribution in [0.1, 0.15) is 44.0 Å². The van der Waals surface area contributed by atoms with Crippen LogP contribution in [-0.4, -0.2) is 40.9 Å². The molecule has 1 aromatic rings. The summed E-state index contributed by atoms with van der Waals surface area (Å²) in [7, 11) is 0. The number of aliphatic carboxylic acids is 1. The van der Waals surface area contributed by atoms with Crippen LogP contribution in [-0.2, 0) is 9.59 Å². The maximum Gasteiger partial charge on any atom is 0.311 e. The summed E-state index contributed by atoms with van der Waals surface area (Å²) in [6.07, 6.45) is 0.783. The molecule has 1 fully saturated rings. The third-order valence-electron chi connectivity index (χ3n) is 4.35. The largest absolute Gasteiger partial charge is 0.481 e. The fourth-order valence-electron chi connectivity index (χ4n) is 2.83. The number of benzene rings is 1. The quantitative estimate of drug-likeness (QED) is 0.837. The molecule has 0 spiro atoms. The first-order valence-corrected chi connectivity index (χ1v) is 8.62. The van der Waals surface area contributed by atoms with Crippen LogP contribution in [0.25, 0.3) is 0 Å². The fourth-order valence-corrected chi connectivity index (χ4v) is 3.03. The standard InChI is InChI=1S/C18H23ClN2O4/c1-11(2)8-15(22)20-12-4-5-14(19)13(9-12)16(23)21-7-6-18(3,10-21)17(24)25/h4-5,9,11H,6-8,10H2,1-3H3,(H,20,22)(H,24,25). The molecule has 1 aliphatic heterocycles. The molecular formula is C18H23ClN2O4. The van der Waals surface area contributed by atoms with Crippen LogP contribution < -0.4 is 5.32 Å². The number of carboxylic acid groups (broad SMARTS) is 1. The van der Waals surface area contributed by atoms with Crippen molar-refractivity contribution in [2.45, 2.75) is 33.6 Å². The first-order chi connectivity index (χ1) is 11.6. The zero-order valence-electron chi connectivity index (χ0n) is 14.6. The number of halogens is 1. The number of nitrogens with zero attached hydrogens (tertiary/aromatic N) is 1. The van der Waals surface area contributed by atoms with E-state index in [1.807, 2.05) is 13.8 Å². The number of nitrogens with one attached hydrogen (secondary N) is 1. The van der Waals surface area contributed by atoms with Crippen LogP contribution in [0.15, 0.2) is 18.2 Å². The van der Waals surface area contributed by atoms with E-state index in [4.69, 9.17) is 11.6 Å². The maximum absolute atomic E-state index is 12.7. The lowest BCUT2D eigenvalue weighted by Gasteiger charge is -2.21. The van der Waals surface area contributed by atoms with Gasteiger partial charge in [-0.3, -0.25) is 14.4 Å². The molecule has 1 aliphatic rings. The van der Waals surface area contributed by atoms with Crippen LogP contribution in [0, 0.1) is 11.3 Å². The predicted octanol–water partition coefficient (Wildman–Crippen LogP) is 3.26. The first kappa shape index (κ1) is 19.2. The van der Waals surface area contributed by atoms with Crippen molar-refractivity contribution in [2.75, 3.05) is 18.4 Å². The van der Waals surface area contributed by atoms with Gasteiger partial charge in [-0.05, 0) is 37.5 Å². The number of carbonyl (C=O) groups excluding carboxylic acids is 2. The van der Waals surface area contributed by atoms with Gasteiger partial charge in [-0.1, -0.05) is 25.4 Å². The van der Waals surface area contributed by atoms with Crippen molar-refractivity contribution in [2.24, 2.45) is 11.3 Å². The molecule has 2 N–H and O–H groups in total. The molecule has 7 heteroatoms. The second-order valence-electron chi connectivity index (χ2n) is 7.18. The van der Waals surface area contributed by atoms with Crippen molar-refractivity contribution >= 4 is 35.1 Å². The summed E-state index contributed by atoms with van der Waals surface area (Å²) in [5.74, 6) is -1.14. The summed E-state index contributed by atoms with van der Waals surface area (Å²) in [6, 6.07) is 4.74. The molecule has 1 heterocycles. The van der Waals surface area contributed by atoms with Gasteiger partial charge in [0.1, 0.15) is 0 Å². The molecule has 0 radical (unpaired) electrons. The average Bonchev–Trinajstić information content (AvgIpc) is 2.91. The molecule has 1 aromatic carbocycles. The smallest absolute Gasteiger partial charge is 0.311 e. The Morgan fingerprint density at radius 2 is 2.04 bits per heavy atom. The number of rotatable bonds is 5. The molecule has 25 heavy (non-hydrogen) atoms. The Morgan fingerprint density at radius 1 is 1.36 bits per heavy atom. The van der Waals surface area contributed by atoms with Gasteiger partial charge in [-0.2, -0.15) is 0 Å². The van der Waals surface area contributed by atoms with Gasteiger partial charge in [0.25, 0.3) is 5.91 Å². The first-order valence-electron chi connectivity index (χ1n) is 8.24. The molecule has 0 aliphatic carbocycles. The second kappa shape index (κ2) is 7.44. The third kappa shape index (κ3) is 4.51. The van der Waals surface area contributed by atoms with Gasteiger partial charge in [-0.25, -0.2) is 0 Å². The molecule has 1 saturated heterocycles. The third-order valence-corrected chi connectivity index (χ3v) is 4.68. The zero-order chi connectivity index (χ0) is 18.8. The summed E-state index contributed by atoms with van der Waals surface area (Å²) >= 11 is 6.15. The van der Waals surface area contributed by atoms with Gasteiger partial charge in [-0.15, -0.1) is 0 Å². The van der Waals surface area contributed by atoms with Crippen LogP contribution in [0.3, 0.4) is 0 Å². The molecule has 1 unspecified atom stereocenters. The van der Waals surface area contributed by atoms with Gasteiger partial charge in [0.15, 0.2) is 0 Å². The minimum Gasteiger partial charge on any atom is -0.481 e. The highest BCUT2D eigenvalue weighted by Crippen LogP contribution is 2.32. The van der Waals surface area contributed by atoms with E-state index in [0.717, 1.165) is 0 Å². The molecular weight excluding hydrogens is 344 g/mol. The Labute approximate surface area is 152 Å². The lowest BCUT2D eigenvalue weighted by molar-refractivity contribution is -0.147. The predicted molar refractivity (Wildman–Crippen MR) is 95.8 cm³/mol. The Bertz CT molecular complexity index is 704. The number of carbonyl (C=O) groups is 3. The summed E-state index contributed by atoms with van der Waals surface area (Å²) in [6.45, 7) is 6.03. The van der Waals surface area contributed by atoms with Crippen molar-refractivity contribution in [1.82, 2.24) is 4.90 Å². The van der Waals surface area contributed by atoms with Crippen molar-refractivity contribution in [3.63, 3.8) is 0 Å². The topological polar surface area (TPSA) is 86.7 Å². The zero-order valence-corrected chi connectivity index (χ0v) is 15.4. The summed E-state index contributed by atoms with van der Waals surface area (Å²) in [5, 5.41) is 12.3. The number of likely N-dealkylation sites (tertiary alicyclic amines) is 1. The number of hydrogen-bond donors (Lipinski definition) is 2. The number of anilines is 1. The van der Waals surface area contributed by atoms with E-state index in [2.05, 4.69) is 5.32 Å². The molecule has 0 bridgehead atoms. The average molecular weight is 367 g/mol. The van der Waals surface area contributed by atoms with Crippen LogP contribution >= 0.6 is 11.6 Å². The summed E-state index contributed by atoms with van der Waals surface area (Å²) in [5.41, 5.74) is -0.178. The molecule has 6 nitrogen and oxygen atoms in total. The molecule has 0 aromatic heterocycles. The van der Waals surface area contributed by atoms with Crippen molar-refractivity contribution < 1.29 is 19.5 Å². The molecule has 2 rings (SSSR count). The maximum atomic E-state index is 12.7. The summed E-state index contributed by atoms with van der Waals surface area (Å²) in [4.78, 5) is 37.5. The minimum absolute atomic E-state index is 0.129. The Kier molecular flexibility index (Phi) is 5.72. The monoisotopic (exact) mass is 366 g/mol. The number of hydrogen-bond acceptors (Lipinski definition) is 3. The number of carboxylic acids is 1. The van der Waals surface area contributed by atoms with Crippen molar-refractivity contribution in [3.8, 4) is 0 Å². The van der Waals surface area contributed by atoms with Gasteiger partial charge in [0, 0.05) is 25.2 Å². The highest BCUT2D eigenvalue weighted by Gasteiger charge is 2.42. The van der Waals surface area contributed by atoms with E-state index >= 15 is 0 Å². The van der Waals surface area contributed by atoms with Gasteiger partial charge < -0.3 is 15.3 Å². The molecule has 0 saturated carbocycles. The van der Waals surface area contributed by atoms with E-state index in [0.29, 0.717) is 25.1 Å².